The molecule has 1 aliphatic rings. The number of likely N-dealkylation sites (tertiary alicyclic amines) is 1. The van der Waals surface area contributed by atoms with Gasteiger partial charge in [0.2, 0.25) is 0 Å². The molecule has 0 radical (unpaired) electrons. The average molecular weight is 656 g/mol. The lowest BCUT2D eigenvalue weighted by Gasteiger charge is -2.35. The van der Waals surface area contributed by atoms with Crippen LogP contribution in [0.5, 0.6) is 0 Å². The SMILES string of the molecule is CC(C)=C(C)CO.CC1(C)CN(Cc2ccccc2)CC1(C)CO.COCN(Cc1ccccc1)C[Si](C)(C)C.ClCCl. The number of hydrogen-bond donors (Lipinski definition) is 2. The molecule has 3 rings (SSSR count). The van der Waals surface area contributed by atoms with Gasteiger partial charge in [0.15, 0.2) is 0 Å². The predicted molar refractivity (Wildman–Crippen MR) is 190 cm³/mol. The van der Waals surface area contributed by atoms with E-state index in [9.17, 15) is 5.11 Å². The summed E-state index contributed by atoms with van der Waals surface area (Å²) in [5.74, 6) is 0. The normalized spacial score (nSPS) is 17.6. The molecule has 0 aromatic heterocycles. The quantitative estimate of drug-likeness (QED) is 0.117. The van der Waals surface area contributed by atoms with Crippen LogP contribution in [0.3, 0.4) is 0 Å². The molecule has 1 unspecified atom stereocenters. The first-order valence-electron chi connectivity index (χ1n) is 15.1. The lowest BCUT2D eigenvalue weighted by Crippen LogP contribution is -2.40. The highest BCUT2D eigenvalue weighted by molar-refractivity contribution is 6.76. The van der Waals surface area contributed by atoms with Crippen molar-refractivity contribution in [1.82, 2.24) is 9.80 Å². The number of rotatable bonds is 10. The molecule has 2 aromatic carbocycles. The highest BCUT2D eigenvalue weighted by Gasteiger charge is 2.48. The van der Waals surface area contributed by atoms with Crippen molar-refractivity contribution in [3.05, 3.63) is 82.9 Å². The third kappa shape index (κ3) is 17.7. The van der Waals surface area contributed by atoms with Gasteiger partial charge in [-0.05, 0) is 49.1 Å². The van der Waals surface area contributed by atoms with E-state index in [2.05, 4.69) is 111 Å². The topological polar surface area (TPSA) is 56.2 Å². The molecular formula is C35H60Cl2N2O3Si. The molecule has 2 aromatic rings. The first-order chi connectivity index (χ1) is 20.1. The van der Waals surface area contributed by atoms with Crippen LogP contribution in [0, 0.1) is 10.8 Å². The summed E-state index contributed by atoms with van der Waals surface area (Å²) < 4.78 is 5.27. The molecule has 8 heteroatoms. The molecule has 1 saturated heterocycles. The Kier molecular flexibility index (Phi) is 20.9. The Morgan fingerprint density at radius 1 is 0.884 bits per heavy atom. The number of benzene rings is 2. The Morgan fingerprint density at radius 2 is 1.37 bits per heavy atom. The lowest BCUT2D eigenvalue weighted by molar-refractivity contribution is 0.0657. The highest BCUT2D eigenvalue weighted by atomic mass is 35.5. The molecular weight excluding hydrogens is 595 g/mol. The van der Waals surface area contributed by atoms with Gasteiger partial charge in [0, 0.05) is 38.7 Å². The minimum atomic E-state index is -1.07. The van der Waals surface area contributed by atoms with Gasteiger partial charge in [-0.2, -0.15) is 0 Å². The lowest BCUT2D eigenvalue weighted by atomic mass is 9.70. The molecule has 0 bridgehead atoms. The van der Waals surface area contributed by atoms with Crippen LogP contribution in [0.15, 0.2) is 71.8 Å². The van der Waals surface area contributed by atoms with Crippen molar-refractivity contribution in [2.24, 2.45) is 10.8 Å². The number of aliphatic hydroxyl groups is 2. The summed E-state index contributed by atoms with van der Waals surface area (Å²) in [5.41, 5.74) is 5.18. The zero-order valence-electron chi connectivity index (χ0n) is 28.6. The van der Waals surface area contributed by atoms with E-state index in [0.717, 1.165) is 38.5 Å². The molecule has 0 saturated carbocycles. The van der Waals surface area contributed by atoms with E-state index in [1.54, 1.807) is 7.11 Å². The minimum Gasteiger partial charge on any atom is -0.396 e. The number of halogens is 2. The molecule has 1 fully saturated rings. The summed E-state index contributed by atoms with van der Waals surface area (Å²) in [6, 6.07) is 21.1. The summed E-state index contributed by atoms with van der Waals surface area (Å²) in [5, 5.41) is 18.3. The molecule has 0 amide bonds. The average Bonchev–Trinajstić information content (AvgIpc) is 3.17. The minimum absolute atomic E-state index is 0.0157. The van der Waals surface area contributed by atoms with E-state index in [4.69, 9.17) is 33.0 Å². The van der Waals surface area contributed by atoms with Gasteiger partial charge in [-0.15, -0.1) is 23.2 Å². The Morgan fingerprint density at radius 3 is 1.72 bits per heavy atom. The molecule has 1 atom stereocenters. The maximum atomic E-state index is 9.62. The van der Waals surface area contributed by atoms with Gasteiger partial charge in [0.1, 0.15) is 0 Å². The third-order valence-electron chi connectivity index (χ3n) is 7.77. The van der Waals surface area contributed by atoms with Crippen molar-refractivity contribution >= 4 is 31.3 Å². The van der Waals surface area contributed by atoms with Crippen molar-refractivity contribution in [3.63, 3.8) is 0 Å². The standard InChI is InChI=1S/C15H23NO.C13H23NOSi.C6H12O.CH2Cl2/c1-14(2)10-16(11-15(14,3)12-17)9-13-7-5-4-6-8-13;1-15-11-14(12-16(2,3)4)10-13-8-6-5-7-9-13;1-5(2)6(3)4-7;2-1-3/h4-8,17H,9-12H2,1-3H3;5-9H,10-12H2,1-4H3;7H,4H2,1-3H3;1H2. The molecule has 5 nitrogen and oxygen atoms in total. The molecule has 43 heavy (non-hydrogen) atoms. The predicted octanol–water partition coefficient (Wildman–Crippen LogP) is 8.25. The molecule has 0 spiro atoms. The van der Waals surface area contributed by atoms with Crippen molar-refractivity contribution in [2.45, 2.75) is 74.3 Å². The zero-order chi connectivity index (χ0) is 33.1. The van der Waals surface area contributed by atoms with Gasteiger partial charge in [0.05, 0.1) is 33.4 Å². The number of ether oxygens (including phenoxy) is 1. The van der Waals surface area contributed by atoms with E-state index in [0.29, 0.717) is 0 Å². The monoisotopic (exact) mass is 654 g/mol. The van der Waals surface area contributed by atoms with E-state index in [-0.39, 0.29) is 29.4 Å². The number of methoxy groups -OCH3 is 1. The smallest absolute Gasteiger partial charge is 0.0986 e. The van der Waals surface area contributed by atoms with Crippen molar-refractivity contribution in [2.75, 3.05) is 51.7 Å². The second kappa shape index (κ2) is 21.5. The fourth-order valence-corrected chi connectivity index (χ4v) is 6.28. The molecule has 2 N–H and O–H groups in total. The van der Waals surface area contributed by atoms with Crippen LogP contribution in [0.2, 0.25) is 19.6 Å². The fraction of sp³-hybridized carbons (Fsp3) is 0.600. The zero-order valence-corrected chi connectivity index (χ0v) is 31.1. The Hall–Kier alpha value is -1.22. The number of nitrogens with zero attached hydrogens (tertiary/aromatic N) is 2. The first kappa shape index (κ1) is 41.8. The largest absolute Gasteiger partial charge is 0.396 e. The van der Waals surface area contributed by atoms with Crippen LogP contribution in [0.25, 0.3) is 0 Å². The van der Waals surface area contributed by atoms with E-state index < -0.39 is 8.07 Å². The van der Waals surface area contributed by atoms with Crippen LogP contribution in [0.1, 0.15) is 52.7 Å². The molecule has 246 valence electrons. The van der Waals surface area contributed by atoms with Gasteiger partial charge in [-0.25, -0.2) is 0 Å². The van der Waals surface area contributed by atoms with Crippen LogP contribution >= 0.6 is 23.2 Å². The third-order valence-corrected chi connectivity index (χ3v) is 9.17. The Labute approximate surface area is 274 Å². The van der Waals surface area contributed by atoms with Gasteiger partial charge >= 0.3 is 0 Å². The summed E-state index contributed by atoms with van der Waals surface area (Å²) in [6.45, 7) is 25.0. The highest BCUT2D eigenvalue weighted by Crippen LogP contribution is 2.45. The second-order valence-corrected chi connectivity index (χ2v) is 20.0. The van der Waals surface area contributed by atoms with Crippen molar-refractivity contribution in [3.8, 4) is 0 Å². The van der Waals surface area contributed by atoms with Crippen LogP contribution in [-0.2, 0) is 17.8 Å². The number of hydrogen-bond acceptors (Lipinski definition) is 5. The van der Waals surface area contributed by atoms with E-state index in [1.807, 2.05) is 20.8 Å². The van der Waals surface area contributed by atoms with Crippen molar-refractivity contribution < 1.29 is 14.9 Å². The molecule has 0 aliphatic carbocycles. The van der Waals surface area contributed by atoms with Gasteiger partial charge < -0.3 is 14.9 Å². The summed E-state index contributed by atoms with van der Waals surface area (Å²) in [4.78, 5) is 4.84. The second-order valence-electron chi connectivity index (χ2n) is 13.7. The van der Waals surface area contributed by atoms with E-state index in [1.165, 1.54) is 22.9 Å². The van der Waals surface area contributed by atoms with Crippen LogP contribution in [0.4, 0.5) is 0 Å². The summed E-state index contributed by atoms with van der Waals surface area (Å²) in [7, 11) is 0.701. The van der Waals surface area contributed by atoms with Crippen LogP contribution in [-0.4, -0.2) is 79.7 Å². The summed E-state index contributed by atoms with van der Waals surface area (Å²) in [6.07, 6.45) is 1.18. The van der Waals surface area contributed by atoms with Crippen LogP contribution < -0.4 is 0 Å². The maximum absolute atomic E-state index is 9.62. The van der Waals surface area contributed by atoms with Gasteiger partial charge in [-0.3, -0.25) is 9.80 Å². The number of allylic oxidation sites excluding steroid dienone is 1. The molecule has 1 aliphatic heterocycles. The fourth-order valence-electron chi connectivity index (χ4n) is 4.73. The Balaban J connectivity index is 0.000000631. The van der Waals surface area contributed by atoms with E-state index >= 15 is 0 Å². The maximum Gasteiger partial charge on any atom is 0.0986 e. The number of aliphatic hydroxyl groups excluding tert-OH is 2. The van der Waals surface area contributed by atoms with Gasteiger partial charge in [0.25, 0.3) is 0 Å². The number of alkyl halides is 2. The summed E-state index contributed by atoms with van der Waals surface area (Å²) >= 11 is 9.53. The Bertz CT molecular complexity index is 1010. The molecule has 1 heterocycles. The van der Waals surface area contributed by atoms with Gasteiger partial charge in [-0.1, -0.05) is 107 Å². The van der Waals surface area contributed by atoms with Crippen molar-refractivity contribution in [1.29, 1.82) is 0 Å². The first-order valence-corrected chi connectivity index (χ1v) is 19.8.